The Morgan fingerprint density at radius 3 is 2.70 bits per heavy atom. The van der Waals surface area contributed by atoms with Gasteiger partial charge in [0, 0.05) is 31.2 Å². The highest BCUT2D eigenvalue weighted by molar-refractivity contribution is 7.91. The molecule has 0 aliphatic carbocycles. The molecule has 1 aromatic rings. The van der Waals surface area contributed by atoms with Crippen molar-refractivity contribution >= 4 is 21.4 Å². The maximum absolute atomic E-state index is 12.3. The number of hydrogen-bond acceptors (Lipinski definition) is 5. The van der Waals surface area contributed by atoms with Gasteiger partial charge in [0.2, 0.25) is 10.0 Å². The SMILES string of the molecule is CNCc1ccc(S(=O)(=O)NCC2(C)CCOCC2)s1. The first-order valence-electron chi connectivity index (χ1n) is 6.76. The Bertz CT molecular complexity index is 534. The van der Waals surface area contributed by atoms with E-state index in [2.05, 4.69) is 17.0 Å². The van der Waals surface area contributed by atoms with E-state index in [0.717, 1.165) is 17.7 Å². The minimum absolute atomic E-state index is 0.00359. The molecule has 114 valence electrons. The Morgan fingerprint density at radius 1 is 1.35 bits per heavy atom. The Balaban J connectivity index is 1.99. The molecule has 7 heteroatoms. The fraction of sp³-hybridized carbons (Fsp3) is 0.692. The van der Waals surface area contributed by atoms with Crippen molar-refractivity contribution in [3.05, 3.63) is 17.0 Å². The van der Waals surface area contributed by atoms with Crippen LogP contribution in [-0.2, 0) is 21.3 Å². The zero-order valence-corrected chi connectivity index (χ0v) is 13.6. The van der Waals surface area contributed by atoms with Crippen LogP contribution in [0.25, 0.3) is 0 Å². The first-order chi connectivity index (χ1) is 9.45. The van der Waals surface area contributed by atoms with Crippen LogP contribution in [0.15, 0.2) is 16.3 Å². The van der Waals surface area contributed by atoms with Crippen LogP contribution >= 0.6 is 11.3 Å². The molecule has 1 aromatic heterocycles. The molecule has 2 N–H and O–H groups in total. The Kier molecular flexibility index (Phi) is 5.19. The number of sulfonamides is 1. The summed E-state index contributed by atoms with van der Waals surface area (Å²) < 4.78 is 33.0. The molecule has 1 aliphatic heterocycles. The van der Waals surface area contributed by atoms with Gasteiger partial charge in [0.05, 0.1) is 0 Å². The third kappa shape index (κ3) is 4.02. The minimum Gasteiger partial charge on any atom is -0.381 e. The number of rotatable bonds is 6. The topological polar surface area (TPSA) is 67.4 Å². The lowest BCUT2D eigenvalue weighted by Gasteiger charge is -2.33. The predicted molar refractivity (Wildman–Crippen MR) is 80.4 cm³/mol. The highest BCUT2D eigenvalue weighted by Crippen LogP contribution is 2.29. The summed E-state index contributed by atoms with van der Waals surface area (Å²) in [6.07, 6.45) is 1.79. The lowest BCUT2D eigenvalue weighted by molar-refractivity contribution is 0.0265. The van der Waals surface area contributed by atoms with Crippen LogP contribution in [0.2, 0.25) is 0 Å². The molecule has 0 aromatic carbocycles. The van der Waals surface area contributed by atoms with Gasteiger partial charge < -0.3 is 10.1 Å². The summed E-state index contributed by atoms with van der Waals surface area (Å²) in [6.45, 7) is 4.69. The lowest BCUT2D eigenvalue weighted by Crippen LogP contribution is -2.39. The van der Waals surface area contributed by atoms with E-state index in [4.69, 9.17) is 4.74 Å². The Hall–Kier alpha value is -0.470. The van der Waals surface area contributed by atoms with Gasteiger partial charge in [-0.1, -0.05) is 6.92 Å². The summed E-state index contributed by atoms with van der Waals surface area (Å²) in [6, 6.07) is 3.53. The number of thiophene rings is 1. The number of hydrogen-bond donors (Lipinski definition) is 2. The summed E-state index contributed by atoms with van der Waals surface area (Å²) in [4.78, 5) is 1.02. The second kappa shape index (κ2) is 6.53. The molecule has 5 nitrogen and oxygen atoms in total. The summed E-state index contributed by atoms with van der Waals surface area (Å²) in [5.41, 5.74) is -0.00359. The van der Waals surface area contributed by atoms with Crippen molar-refractivity contribution in [2.75, 3.05) is 26.8 Å². The van der Waals surface area contributed by atoms with E-state index in [1.807, 2.05) is 13.1 Å². The minimum atomic E-state index is -3.40. The average Bonchev–Trinajstić information content (AvgIpc) is 2.88. The largest absolute Gasteiger partial charge is 0.381 e. The van der Waals surface area contributed by atoms with Gasteiger partial charge in [-0.15, -0.1) is 11.3 Å². The van der Waals surface area contributed by atoms with E-state index < -0.39 is 10.0 Å². The molecule has 1 aliphatic rings. The van der Waals surface area contributed by atoms with Crippen molar-refractivity contribution in [1.82, 2.24) is 10.0 Å². The van der Waals surface area contributed by atoms with Gasteiger partial charge in [-0.3, -0.25) is 0 Å². The molecular weight excluding hydrogens is 296 g/mol. The van der Waals surface area contributed by atoms with Crippen molar-refractivity contribution in [3.8, 4) is 0 Å². The lowest BCUT2D eigenvalue weighted by atomic mass is 9.83. The van der Waals surface area contributed by atoms with Gasteiger partial charge in [-0.25, -0.2) is 13.1 Å². The summed E-state index contributed by atoms with van der Waals surface area (Å²) in [7, 11) is -1.55. The van der Waals surface area contributed by atoms with E-state index in [9.17, 15) is 8.42 Å². The molecular formula is C13H22N2O3S2. The van der Waals surface area contributed by atoms with Crippen molar-refractivity contribution in [2.24, 2.45) is 5.41 Å². The van der Waals surface area contributed by atoms with E-state index in [1.54, 1.807) is 6.07 Å². The van der Waals surface area contributed by atoms with Gasteiger partial charge in [-0.05, 0) is 37.4 Å². The molecule has 0 saturated carbocycles. The first kappa shape index (κ1) is 15.9. The quantitative estimate of drug-likeness (QED) is 0.835. The molecule has 0 radical (unpaired) electrons. The molecule has 2 rings (SSSR count). The Labute approximate surface area is 124 Å². The molecule has 20 heavy (non-hydrogen) atoms. The van der Waals surface area contributed by atoms with Gasteiger partial charge in [0.1, 0.15) is 4.21 Å². The van der Waals surface area contributed by atoms with Crippen LogP contribution in [0.3, 0.4) is 0 Å². The van der Waals surface area contributed by atoms with Crippen molar-refractivity contribution < 1.29 is 13.2 Å². The van der Waals surface area contributed by atoms with Crippen LogP contribution in [0.4, 0.5) is 0 Å². The third-order valence-corrected chi connectivity index (χ3v) is 6.62. The van der Waals surface area contributed by atoms with Crippen LogP contribution in [0, 0.1) is 5.41 Å². The zero-order valence-electron chi connectivity index (χ0n) is 11.9. The van der Waals surface area contributed by atoms with Crippen LogP contribution < -0.4 is 10.0 Å². The van der Waals surface area contributed by atoms with E-state index in [1.165, 1.54) is 11.3 Å². The first-order valence-corrected chi connectivity index (χ1v) is 9.06. The number of nitrogens with one attached hydrogen (secondary N) is 2. The van der Waals surface area contributed by atoms with Gasteiger partial charge in [-0.2, -0.15) is 0 Å². The predicted octanol–water partition coefficient (Wildman–Crippen LogP) is 1.56. The van der Waals surface area contributed by atoms with Crippen LogP contribution in [0.1, 0.15) is 24.6 Å². The molecule has 0 spiro atoms. The highest BCUT2D eigenvalue weighted by atomic mass is 32.2. The smallest absolute Gasteiger partial charge is 0.250 e. The molecule has 0 amide bonds. The van der Waals surface area contributed by atoms with E-state index in [-0.39, 0.29) is 5.41 Å². The molecule has 2 heterocycles. The van der Waals surface area contributed by atoms with Crippen molar-refractivity contribution in [3.63, 3.8) is 0 Å². The standard InChI is InChI=1S/C13H22N2O3S2/c1-13(5-7-18-8-6-13)10-15-20(16,17)12-4-3-11(19-12)9-14-2/h3-4,14-15H,5-10H2,1-2H3. The fourth-order valence-electron chi connectivity index (χ4n) is 2.15. The van der Waals surface area contributed by atoms with Crippen LogP contribution in [-0.4, -0.2) is 35.2 Å². The van der Waals surface area contributed by atoms with Crippen LogP contribution in [0.5, 0.6) is 0 Å². The molecule has 0 atom stereocenters. The van der Waals surface area contributed by atoms with Gasteiger partial charge in [0.25, 0.3) is 0 Å². The fourth-order valence-corrected chi connectivity index (χ4v) is 4.76. The van der Waals surface area contributed by atoms with E-state index >= 15 is 0 Å². The van der Waals surface area contributed by atoms with Gasteiger partial charge in [0.15, 0.2) is 0 Å². The maximum atomic E-state index is 12.3. The molecule has 1 fully saturated rings. The average molecular weight is 318 g/mol. The second-order valence-corrected chi connectivity index (χ2v) is 8.66. The van der Waals surface area contributed by atoms with Gasteiger partial charge >= 0.3 is 0 Å². The summed E-state index contributed by atoms with van der Waals surface area (Å²) in [5, 5.41) is 3.02. The second-order valence-electron chi connectivity index (χ2n) is 5.50. The molecule has 1 saturated heterocycles. The maximum Gasteiger partial charge on any atom is 0.250 e. The summed E-state index contributed by atoms with van der Waals surface area (Å²) in [5.74, 6) is 0. The monoisotopic (exact) mass is 318 g/mol. The zero-order chi connectivity index (χ0) is 14.6. The highest BCUT2D eigenvalue weighted by Gasteiger charge is 2.29. The van der Waals surface area contributed by atoms with E-state index in [0.29, 0.717) is 30.5 Å². The molecule has 0 unspecified atom stereocenters. The molecule has 0 bridgehead atoms. The normalized spacial score (nSPS) is 19.1. The van der Waals surface area contributed by atoms with Crippen molar-refractivity contribution in [2.45, 2.75) is 30.5 Å². The Morgan fingerprint density at radius 2 is 2.05 bits per heavy atom. The van der Waals surface area contributed by atoms with Crippen molar-refractivity contribution in [1.29, 1.82) is 0 Å². The number of ether oxygens (including phenoxy) is 1. The third-order valence-electron chi connectivity index (χ3n) is 3.64. The summed E-state index contributed by atoms with van der Waals surface area (Å²) >= 11 is 1.31.